The standard InChI is InChI=1S/C13H15ClN4/c1-8-3-12(15)11(14)4-13(8)18-7-10-6-16-9(2)5-17-10/h3-6,18H,7,15H2,1-2H3. The Bertz CT molecular complexity index is 552. The van der Waals surface area contributed by atoms with Crippen LogP contribution in [0.3, 0.4) is 0 Å². The first kappa shape index (κ1) is 12.6. The van der Waals surface area contributed by atoms with Crippen molar-refractivity contribution >= 4 is 23.0 Å². The molecule has 0 amide bonds. The Kier molecular flexibility index (Phi) is 3.67. The molecule has 0 aliphatic heterocycles. The number of hydrogen-bond acceptors (Lipinski definition) is 4. The van der Waals surface area contributed by atoms with Gasteiger partial charge in [0.1, 0.15) is 0 Å². The quantitative estimate of drug-likeness (QED) is 0.835. The highest BCUT2D eigenvalue weighted by Gasteiger charge is 2.04. The van der Waals surface area contributed by atoms with Crippen molar-refractivity contribution in [2.45, 2.75) is 20.4 Å². The van der Waals surface area contributed by atoms with Crippen LogP contribution in [0.25, 0.3) is 0 Å². The molecule has 1 aromatic carbocycles. The molecule has 0 aliphatic carbocycles. The molecule has 0 atom stereocenters. The molecule has 1 heterocycles. The summed E-state index contributed by atoms with van der Waals surface area (Å²) in [6.45, 7) is 4.50. The van der Waals surface area contributed by atoms with Crippen LogP contribution in [0.15, 0.2) is 24.5 Å². The Morgan fingerprint density at radius 2 is 2.00 bits per heavy atom. The Balaban J connectivity index is 2.10. The highest BCUT2D eigenvalue weighted by Crippen LogP contribution is 2.26. The summed E-state index contributed by atoms with van der Waals surface area (Å²) in [6, 6.07) is 3.68. The lowest BCUT2D eigenvalue weighted by Gasteiger charge is -2.11. The molecule has 2 rings (SSSR count). The van der Waals surface area contributed by atoms with Crippen LogP contribution >= 0.6 is 11.6 Å². The van der Waals surface area contributed by atoms with E-state index in [9.17, 15) is 0 Å². The summed E-state index contributed by atoms with van der Waals surface area (Å²) in [5.41, 5.74) is 10.1. The summed E-state index contributed by atoms with van der Waals surface area (Å²) in [7, 11) is 0. The highest BCUT2D eigenvalue weighted by molar-refractivity contribution is 6.33. The molecule has 0 saturated carbocycles. The number of nitrogens with two attached hydrogens (primary N) is 1. The molecular weight excluding hydrogens is 248 g/mol. The maximum Gasteiger partial charge on any atom is 0.0777 e. The average Bonchev–Trinajstić information content (AvgIpc) is 2.34. The molecule has 1 aromatic heterocycles. The highest BCUT2D eigenvalue weighted by atomic mass is 35.5. The zero-order valence-corrected chi connectivity index (χ0v) is 11.1. The van der Waals surface area contributed by atoms with E-state index in [1.165, 1.54) is 0 Å². The van der Waals surface area contributed by atoms with Gasteiger partial charge < -0.3 is 11.1 Å². The lowest BCUT2D eigenvalue weighted by molar-refractivity contribution is 0.983. The number of nitrogens with zero attached hydrogens (tertiary/aromatic N) is 2. The van der Waals surface area contributed by atoms with Gasteiger partial charge in [0.25, 0.3) is 0 Å². The summed E-state index contributed by atoms with van der Waals surface area (Å²) in [4.78, 5) is 8.48. The molecule has 4 nitrogen and oxygen atoms in total. The van der Waals surface area contributed by atoms with Crippen LogP contribution in [0.1, 0.15) is 17.0 Å². The second-order valence-corrected chi connectivity index (χ2v) is 4.60. The van der Waals surface area contributed by atoms with E-state index < -0.39 is 0 Å². The summed E-state index contributed by atoms with van der Waals surface area (Å²) in [5, 5.41) is 3.83. The van der Waals surface area contributed by atoms with Crippen LogP contribution in [0.5, 0.6) is 0 Å². The van der Waals surface area contributed by atoms with Crippen LogP contribution in [-0.4, -0.2) is 9.97 Å². The zero-order chi connectivity index (χ0) is 13.1. The van der Waals surface area contributed by atoms with Gasteiger partial charge in [-0.25, -0.2) is 0 Å². The van der Waals surface area contributed by atoms with Crippen LogP contribution in [0.4, 0.5) is 11.4 Å². The van der Waals surface area contributed by atoms with Gasteiger partial charge in [0.15, 0.2) is 0 Å². The fraction of sp³-hybridized carbons (Fsp3) is 0.231. The number of aryl methyl sites for hydroxylation is 2. The number of nitrogens with one attached hydrogen (secondary N) is 1. The number of nitrogen functional groups attached to an aromatic ring is 1. The smallest absolute Gasteiger partial charge is 0.0777 e. The van der Waals surface area contributed by atoms with Gasteiger partial charge in [-0.1, -0.05) is 11.6 Å². The molecule has 0 radical (unpaired) electrons. The molecule has 0 saturated heterocycles. The fourth-order valence-electron chi connectivity index (χ4n) is 1.59. The summed E-state index contributed by atoms with van der Waals surface area (Å²) < 4.78 is 0. The molecule has 0 fully saturated rings. The number of rotatable bonds is 3. The van der Waals surface area contributed by atoms with Crippen molar-refractivity contribution in [1.29, 1.82) is 0 Å². The van der Waals surface area contributed by atoms with Crippen molar-refractivity contribution in [2.75, 3.05) is 11.1 Å². The minimum atomic E-state index is 0.554. The minimum absolute atomic E-state index is 0.554. The summed E-state index contributed by atoms with van der Waals surface area (Å²) >= 11 is 6.00. The maximum atomic E-state index is 6.00. The van der Waals surface area contributed by atoms with E-state index in [4.69, 9.17) is 17.3 Å². The lowest BCUT2D eigenvalue weighted by Crippen LogP contribution is -2.04. The molecule has 0 aliphatic rings. The molecule has 2 aromatic rings. The topological polar surface area (TPSA) is 63.8 Å². The number of aromatic nitrogens is 2. The van der Waals surface area contributed by atoms with Gasteiger partial charge in [-0.3, -0.25) is 9.97 Å². The van der Waals surface area contributed by atoms with Crippen LogP contribution in [0.2, 0.25) is 5.02 Å². The van der Waals surface area contributed by atoms with E-state index in [0.717, 1.165) is 22.6 Å². The maximum absolute atomic E-state index is 6.00. The summed E-state index contributed by atoms with van der Waals surface area (Å²) in [5.74, 6) is 0. The van der Waals surface area contributed by atoms with Gasteiger partial charge in [0.2, 0.25) is 0 Å². The van der Waals surface area contributed by atoms with Gasteiger partial charge >= 0.3 is 0 Å². The second-order valence-electron chi connectivity index (χ2n) is 4.19. The Morgan fingerprint density at radius 1 is 1.22 bits per heavy atom. The first-order valence-corrected chi connectivity index (χ1v) is 6.01. The predicted octanol–water partition coefficient (Wildman–Crippen LogP) is 2.94. The molecule has 0 spiro atoms. The lowest BCUT2D eigenvalue weighted by atomic mass is 10.2. The summed E-state index contributed by atoms with van der Waals surface area (Å²) in [6.07, 6.45) is 3.51. The van der Waals surface area contributed by atoms with Crippen molar-refractivity contribution < 1.29 is 0 Å². The average molecular weight is 263 g/mol. The third kappa shape index (κ3) is 2.90. The van der Waals surface area contributed by atoms with Gasteiger partial charge in [-0.15, -0.1) is 0 Å². The van der Waals surface area contributed by atoms with Crippen molar-refractivity contribution in [3.63, 3.8) is 0 Å². The van der Waals surface area contributed by atoms with E-state index in [0.29, 0.717) is 17.3 Å². The fourth-order valence-corrected chi connectivity index (χ4v) is 1.75. The predicted molar refractivity (Wildman–Crippen MR) is 74.7 cm³/mol. The SMILES string of the molecule is Cc1cnc(CNc2cc(Cl)c(N)cc2C)cn1. The molecular formula is C13H15ClN4. The molecule has 0 unspecified atom stereocenters. The van der Waals surface area contributed by atoms with E-state index in [1.54, 1.807) is 12.4 Å². The normalized spacial score (nSPS) is 10.4. The first-order chi connectivity index (χ1) is 8.56. The van der Waals surface area contributed by atoms with Crippen molar-refractivity contribution in [1.82, 2.24) is 9.97 Å². The third-order valence-electron chi connectivity index (χ3n) is 2.64. The second kappa shape index (κ2) is 5.23. The van der Waals surface area contributed by atoms with E-state index in [2.05, 4.69) is 15.3 Å². The number of benzene rings is 1. The van der Waals surface area contributed by atoms with Crippen molar-refractivity contribution in [3.05, 3.63) is 46.5 Å². The van der Waals surface area contributed by atoms with E-state index in [1.807, 2.05) is 26.0 Å². The Hall–Kier alpha value is -1.81. The van der Waals surface area contributed by atoms with Gasteiger partial charge in [0.05, 0.1) is 34.8 Å². The minimum Gasteiger partial charge on any atom is -0.398 e. The van der Waals surface area contributed by atoms with Crippen LogP contribution < -0.4 is 11.1 Å². The third-order valence-corrected chi connectivity index (χ3v) is 2.97. The largest absolute Gasteiger partial charge is 0.398 e. The molecule has 0 bridgehead atoms. The molecule has 3 N–H and O–H groups in total. The van der Waals surface area contributed by atoms with Crippen molar-refractivity contribution in [3.8, 4) is 0 Å². The molecule has 5 heteroatoms. The zero-order valence-electron chi connectivity index (χ0n) is 10.4. The Labute approximate surface area is 111 Å². The number of anilines is 2. The van der Waals surface area contributed by atoms with Gasteiger partial charge in [-0.2, -0.15) is 0 Å². The number of halogens is 1. The number of hydrogen-bond donors (Lipinski definition) is 2. The molecule has 18 heavy (non-hydrogen) atoms. The van der Waals surface area contributed by atoms with Crippen LogP contribution in [-0.2, 0) is 6.54 Å². The van der Waals surface area contributed by atoms with E-state index >= 15 is 0 Å². The van der Waals surface area contributed by atoms with E-state index in [-0.39, 0.29) is 0 Å². The van der Waals surface area contributed by atoms with Crippen molar-refractivity contribution in [2.24, 2.45) is 0 Å². The first-order valence-electron chi connectivity index (χ1n) is 5.63. The van der Waals surface area contributed by atoms with Gasteiger partial charge in [-0.05, 0) is 31.5 Å². The Morgan fingerprint density at radius 3 is 2.67 bits per heavy atom. The monoisotopic (exact) mass is 262 g/mol. The van der Waals surface area contributed by atoms with Crippen LogP contribution in [0, 0.1) is 13.8 Å². The van der Waals surface area contributed by atoms with Gasteiger partial charge in [0, 0.05) is 11.9 Å². The molecule has 94 valence electrons.